The smallest absolute Gasteiger partial charge is 0.118 e. The molecule has 3 heteroatoms. The van der Waals surface area contributed by atoms with Crippen LogP contribution in [0.25, 0.3) is 0 Å². The summed E-state index contributed by atoms with van der Waals surface area (Å²) in [6.45, 7) is 2.67. The maximum atomic E-state index is 10.2. The summed E-state index contributed by atoms with van der Waals surface area (Å²) in [5, 5.41) is 13.6. The molecule has 112 valence electrons. The van der Waals surface area contributed by atoms with Gasteiger partial charge in [-0.1, -0.05) is 49.4 Å². The average molecular weight is 285 g/mol. The first kappa shape index (κ1) is 15.5. The molecule has 2 N–H and O–H groups in total. The Hall–Kier alpha value is -1.84. The second-order valence-corrected chi connectivity index (χ2v) is 5.07. The Morgan fingerprint density at radius 2 is 1.67 bits per heavy atom. The van der Waals surface area contributed by atoms with E-state index in [0.717, 1.165) is 17.7 Å². The maximum Gasteiger partial charge on any atom is 0.118 e. The Morgan fingerprint density at radius 3 is 2.24 bits per heavy atom. The van der Waals surface area contributed by atoms with Gasteiger partial charge in [0, 0.05) is 12.6 Å². The minimum atomic E-state index is -0.488. The number of aliphatic hydroxyl groups is 1. The fraction of sp³-hybridized carbons (Fsp3) is 0.333. The molecule has 2 unspecified atom stereocenters. The summed E-state index contributed by atoms with van der Waals surface area (Å²) >= 11 is 0. The van der Waals surface area contributed by atoms with E-state index >= 15 is 0 Å². The predicted octanol–water partition coefficient (Wildman–Crippen LogP) is 3.47. The van der Waals surface area contributed by atoms with Gasteiger partial charge in [-0.2, -0.15) is 0 Å². The van der Waals surface area contributed by atoms with Crippen LogP contribution in [0, 0.1) is 0 Å². The molecule has 0 heterocycles. The highest BCUT2D eigenvalue weighted by atomic mass is 16.5. The third kappa shape index (κ3) is 4.31. The minimum absolute atomic E-state index is 0.231. The van der Waals surface area contributed by atoms with Crippen LogP contribution in [-0.4, -0.2) is 18.8 Å². The highest BCUT2D eigenvalue weighted by molar-refractivity contribution is 5.29. The van der Waals surface area contributed by atoms with Crippen LogP contribution in [0.15, 0.2) is 54.6 Å². The van der Waals surface area contributed by atoms with Crippen LogP contribution in [0.1, 0.15) is 36.6 Å². The SMILES string of the molecule is CCC(NCC(O)c1ccccc1)c1ccc(OC)cc1. The van der Waals surface area contributed by atoms with Crippen molar-refractivity contribution in [2.75, 3.05) is 13.7 Å². The van der Waals surface area contributed by atoms with Crippen molar-refractivity contribution in [3.8, 4) is 5.75 Å². The van der Waals surface area contributed by atoms with E-state index in [0.29, 0.717) is 6.54 Å². The summed E-state index contributed by atoms with van der Waals surface area (Å²) in [6.07, 6.45) is 0.479. The van der Waals surface area contributed by atoms with Gasteiger partial charge in [0.25, 0.3) is 0 Å². The molecule has 2 aromatic rings. The van der Waals surface area contributed by atoms with Gasteiger partial charge in [-0.3, -0.25) is 0 Å². The number of hydrogen-bond acceptors (Lipinski definition) is 3. The first-order valence-electron chi connectivity index (χ1n) is 7.35. The van der Waals surface area contributed by atoms with Gasteiger partial charge in [0.05, 0.1) is 13.2 Å². The topological polar surface area (TPSA) is 41.5 Å². The number of ether oxygens (including phenoxy) is 1. The van der Waals surface area contributed by atoms with E-state index in [1.807, 2.05) is 42.5 Å². The monoisotopic (exact) mass is 285 g/mol. The molecule has 0 aliphatic heterocycles. The maximum absolute atomic E-state index is 10.2. The lowest BCUT2D eigenvalue weighted by Crippen LogP contribution is -2.26. The van der Waals surface area contributed by atoms with Crippen LogP contribution in [-0.2, 0) is 0 Å². The predicted molar refractivity (Wildman–Crippen MR) is 85.4 cm³/mol. The molecule has 3 nitrogen and oxygen atoms in total. The molecule has 0 saturated carbocycles. The molecule has 0 spiro atoms. The third-order valence-electron chi connectivity index (χ3n) is 3.67. The molecule has 0 aliphatic carbocycles. The van der Waals surface area contributed by atoms with Crippen molar-refractivity contribution in [3.63, 3.8) is 0 Å². The summed E-state index contributed by atoms with van der Waals surface area (Å²) in [5.74, 6) is 0.859. The van der Waals surface area contributed by atoms with Gasteiger partial charge in [0.1, 0.15) is 5.75 Å². The molecule has 21 heavy (non-hydrogen) atoms. The molecule has 0 aliphatic rings. The van der Waals surface area contributed by atoms with E-state index in [4.69, 9.17) is 4.74 Å². The van der Waals surface area contributed by atoms with Crippen molar-refractivity contribution >= 4 is 0 Å². The summed E-state index contributed by atoms with van der Waals surface area (Å²) in [7, 11) is 1.67. The molecule has 0 saturated heterocycles. The molecule has 2 aromatic carbocycles. The van der Waals surface area contributed by atoms with E-state index < -0.39 is 6.10 Å². The van der Waals surface area contributed by atoms with Gasteiger partial charge in [-0.05, 0) is 29.7 Å². The molecule has 0 aromatic heterocycles. The number of aliphatic hydroxyl groups excluding tert-OH is 1. The van der Waals surface area contributed by atoms with Crippen molar-refractivity contribution in [1.82, 2.24) is 5.32 Å². The quantitative estimate of drug-likeness (QED) is 0.818. The largest absolute Gasteiger partial charge is 0.497 e. The highest BCUT2D eigenvalue weighted by Gasteiger charge is 2.12. The van der Waals surface area contributed by atoms with Crippen LogP contribution in [0.3, 0.4) is 0 Å². The molecule has 0 fully saturated rings. The lowest BCUT2D eigenvalue weighted by atomic mass is 10.0. The summed E-state index contributed by atoms with van der Waals surface area (Å²) in [4.78, 5) is 0. The van der Waals surface area contributed by atoms with E-state index in [-0.39, 0.29) is 6.04 Å². The van der Waals surface area contributed by atoms with Gasteiger partial charge in [0.15, 0.2) is 0 Å². The second kappa shape index (κ2) is 7.81. The Morgan fingerprint density at radius 1 is 1.00 bits per heavy atom. The van der Waals surface area contributed by atoms with Gasteiger partial charge >= 0.3 is 0 Å². The van der Waals surface area contributed by atoms with Crippen molar-refractivity contribution in [2.24, 2.45) is 0 Å². The normalized spacial score (nSPS) is 13.7. The number of rotatable bonds is 7. The Balaban J connectivity index is 1.95. The molecule has 0 bridgehead atoms. The fourth-order valence-electron chi connectivity index (χ4n) is 2.38. The van der Waals surface area contributed by atoms with Crippen molar-refractivity contribution in [1.29, 1.82) is 0 Å². The minimum Gasteiger partial charge on any atom is -0.497 e. The van der Waals surface area contributed by atoms with Crippen LogP contribution >= 0.6 is 0 Å². The second-order valence-electron chi connectivity index (χ2n) is 5.07. The fourth-order valence-corrected chi connectivity index (χ4v) is 2.38. The first-order valence-corrected chi connectivity index (χ1v) is 7.35. The molecule has 2 atom stereocenters. The number of methoxy groups -OCH3 is 1. The van der Waals surface area contributed by atoms with Gasteiger partial charge in [-0.25, -0.2) is 0 Å². The van der Waals surface area contributed by atoms with E-state index in [2.05, 4.69) is 24.4 Å². The zero-order valence-electron chi connectivity index (χ0n) is 12.6. The number of hydrogen-bond donors (Lipinski definition) is 2. The Labute approximate surface area is 126 Å². The molecular weight excluding hydrogens is 262 g/mol. The lowest BCUT2D eigenvalue weighted by Gasteiger charge is -2.20. The molecular formula is C18H23NO2. The van der Waals surface area contributed by atoms with Gasteiger partial charge < -0.3 is 15.2 Å². The van der Waals surface area contributed by atoms with Crippen LogP contribution in [0.5, 0.6) is 5.75 Å². The molecule has 0 radical (unpaired) electrons. The van der Waals surface area contributed by atoms with Gasteiger partial charge in [-0.15, -0.1) is 0 Å². The zero-order valence-corrected chi connectivity index (χ0v) is 12.6. The van der Waals surface area contributed by atoms with Gasteiger partial charge in [0.2, 0.25) is 0 Å². The highest BCUT2D eigenvalue weighted by Crippen LogP contribution is 2.21. The average Bonchev–Trinajstić information content (AvgIpc) is 2.56. The summed E-state index contributed by atoms with van der Waals surface area (Å²) in [6, 6.07) is 18.0. The van der Waals surface area contributed by atoms with Crippen molar-refractivity contribution < 1.29 is 9.84 Å². The Kier molecular flexibility index (Phi) is 5.78. The van der Waals surface area contributed by atoms with E-state index in [9.17, 15) is 5.11 Å². The van der Waals surface area contributed by atoms with E-state index in [1.54, 1.807) is 7.11 Å². The molecule has 2 rings (SSSR count). The van der Waals surface area contributed by atoms with E-state index in [1.165, 1.54) is 5.56 Å². The Bertz CT molecular complexity index is 525. The first-order chi connectivity index (χ1) is 10.2. The molecule has 0 amide bonds. The van der Waals surface area contributed by atoms with Crippen molar-refractivity contribution in [3.05, 3.63) is 65.7 Å². The standard InChI is InChI=1S/C18H23NO2/c1-3-17(14-9-11-16(21-2)12-10-14)19-13-18(20)15-7-5-4-6-8-15/h4-12,17-20H,3,13H2,1-2H3. The van der Waals surface area contributed by atoms with Crippen LogP contribution in [0.2, 0.25) is 0 Å². The lowest BCUT2D eigenvalue weighted by molar-refractivity contribution is 0.169. The number of benzene rings is 2. The van der Waals surface area contributed by atoms with Crippen molar-refractivity contribution in [2.45, 2.75) is 25.5 Å². The zero-order chi connectivity index (χ0) is 15.1. The summed E-state index contributed by atoms with van der Waals surface area (Å²) < 4.78 is 5.18. The van der Waals surface area contributed by atoms with Crippen LogP contribution < -0.4 is 10.1 Å². The number of nitrogens with one attached hydrogen (secondary N) is 1. The summed E-state index contributed by atoms with van der Waals surface area (Å²) in [5.41, 5.74) is 2.15. The van der Waals surface area contributed by atoms with Crippen LogP contribution in [0.4, 0.5) is 0 Å². The third-order valence-corrected chi connectivity index (χ3v) is 3.67.